The van der Waals surface area contributed by atoms with E-state index in [0.717, 1.165) is 40.4 Å². The van der Waals surface area contributed by atoms with E-state index >= 15 is 0 Å². The predicted molar refractivity (Wildman–Crippen MR) is 129 cm³/mol. The fourth-order valence-electron chi connectivity index (χ4n) is 4.42. The molecule has 2 atom stereocenters. The van der Waals surface area contributed by atoms with Crippen LogP contribution in [0.25, 0.3) is 16.8 Å². The summed E-state index contributed by atoms with van der Waals surface area (Å²) in [7, 11) is 0. The average Bonchev–Trinajstić information content (AvgIpc) is 2.76. The maximum absolute atomic E-state index is 12.9. The molecule has 0 amide bonds. The molecule has 0 aliphatic heterocycles. The van der Waals surface area contributed by atoms with Crippen molar-refractivity contribution in [2.24, 2.45) is 22.7 Å². The van der Waals surface area contributed by atoms with Gasteiger partial charge >= 0.3 is 0 Å². The number of allylic oxidation sites excluding steroid dienone is 1. The van der Waals surface area contributed by atoms with Gasteiger partial charge in [0.2, 0.25) is 0 Å². The standard InChI is InChI=1S/C28H29NO2/c1-18(2)23-14-8-19(3)25(28(23)31)16-20-9-12-22(13-10-20)29-17-26-24-7-5-4-6-21(24)11-15-27(26)30/h4-7,9-13,15-19,23,30H,8,14H2,1-3H3/t19-,23-/m1/s1. The second-order valence-corrected chi connectivity index (χ2v) is 8.86. The van der Waals surface area contributed by atoms with Gasteiger partial charge in [0.1, 0.15) is 5.75 Å². The van der Waals surface area contributed by atoms with Crippen molar-refractivity contribution in [1.82, 2.24) is 0 Å². The van der Waals surface area contributed by atoms with Gasteiger partial charge in [0, 0.05) is 17.7 Å². The van der Waals surface area contributed by atoms with E-state index < -0.39 is 0 Å². The summed E-state index contributed by atoms with van der Waals surface area (Å²) >= 11 is 0. The summed E-state index contributed by atoms with van der Waals surface area (Å²) in [6.07, 6.45) is 5.82. The summed E-state index contributed by atoms with van der Waals surface area (Å²) < 4.78 is 0. The molecule has 1 aliphatic rings. The fraction of sp³-hybridized carbons (Fsp3) is 0.286. The lowest BCUT2D eigenvalue weighted by Gasteiger charge is -2.30. The maximum Gasteiger partial charge on any atom is 0.162 e. The molecule has 1 aliphatic carbocycles. The lowest BCUT2D eigenvalue weighted by atomic mass is 9.73. The Labute approximate surface area is 184 Å². The third-order valence-electron chi connectivity index (χ3n) is 6.37. The molecule has 3 nitrogen and oxygen atoms in total. The van der Waals surface area contributed by atoms with Crippen molar-refractivity contribution < 1.29 is 9.90 Å². The monoisotopic (exact) mass is 411 g/mol. The molecular weight excluding hydrogens is 382 g/mol. The summed E-state index contributed by atoms with van der Waals surface area (Å²) in [6.45, 7) is 6.42. The minimum Gasteiger partial charge on any atom is -0.507 e. The number of nitrogens with zero attached hydrogens (tertiary/aromatic N) is 1. The van der Waals surface area contributed by atoms with E-state index in [0.29, 0.717) is 23.2 Å². The van der Waals surface area contributed by atoms with Crippen LogP contribution in [0.3, 0.4) is 0 Å². The molecule has 0 spiro atoms. The van der Waals surface area contributed by atoms with Crippen molar-refractivity contribution in [3.8, 4) is 5.75 Å². The molecule has 31 heavy (non-hydrogen) atoms. The van der Waals surface area contributed by atoms with Crippen molar-refractivity contribution in [2.75, 3.05) is 0 Å². The molecule has 1 N–H and O–H groups in total. The Morgan fingerprint density at radius 2 is 1.74 bits per heavy atom. The van der Waals surface area contributed by atoms with Crippen LogP contribution in [0.4, 0.5) is 5.69 Å². The van der Waals surface area contributed by atoms with Crippen molar-refractivity contribution in [2.45, 2.75) is 33.6 Å². The fourth-order valence-corrected chi connectivity index (χ4v) is 4.42. The van der Waals surface area contributed by atoms with Crippen LogP contribution >= 0.6 is 0 Å². The lowest BCUT2D eigenvalue weighted by molar-refractivity contribution is -0.122. The number of phenols is 1. The molecule has 3 heteroatoms. The van der Waals surface area contributed by atoms with Crippen LogP contribution in [-0.4, -0.2) is 17.1 Å². The summed E-state index contributed by atoms with van der Waals surface area (Å²) in [5.74, 6) is 1.34. The molecule has 1 fully saturated rings. The van der Waals surface area contributed by atoms with Crippen LogP contribution in [0.2, 0.25) is 0 Å². The number of phenolic OH excluding ortho intramolecular Hbond substituents is 1. The smallest absolute Gasteiger partial charge is 0.162 e. The Morgan fingerprint density at radius 1 is 1.00 bits per heavy atom. The van der Waals surface area contributed by atoms with Crippen LogP contribution in [0, 0.1) is 17.8 Å². The molecule has 1 saturated carbocycles. The zero-order valence-corrected chi connectivity index (χ0v) is 18.4. The average molecular weight is 412 g/mol. The highest BCUT2D eigenvalue weighted by Crippen LogP contribution is 2.35. The molecule has 3 aromatic carbocycles. The highest BCUT2D eigenvalue weighted by Gasteiger charge is 2.32. The molecule has 158 valence electrons. The van der Waals surface area contributed by atoms with E-state index in [2.05, 4.69) is 25.8 Å². The Kier molecular flexibility index (Phi) is 6.03. The highest BCUT2D eigenvalue weighted by molar-refractivity contribution is 6.03. The van der Waals surface area contributed by atoms with Crippen molar-refractivity contribution >= 4 is 34.5 Å². The Bertz CT molecular complexity index is 1160. The SMILES string of the molecule is CC(C)[C@H]1CC[C@@H](C)C(=Cc2ccc(N=Cc3c(O)ccc4ccccc34)cc2)C1=O. The van der Waals surface area contributed by atoms with Crippen LogP contribution in [-0.2, 0) is 4.79 Å². The normalized spacial score (nSPS) is 20.9. The summed E-state index contributed by atoms with van der Waals surface area (Å²) in [5, 5.41) is 12.3. The zero-order chi connectivity index (χ0) is 22.0. The van der Waals surface area contributed by atoms with Gasteiger partial charge in [-0.3, -0.25) is 9.79 Å². The predicted octanol–water partition coefficient (Wildman–Crippen LogP) is 6.95. The third-order valence-corrected chi connectivity index (χ3v) is 6.37. The number of fused-ring (bicyclic) bond motifs is 1. The number of aromatic hydroxyl groups is 1. The number of hydrogen-bond acceptors (Lipinski definition) is 3. The second-order valence-electron chi connectivity index (χ2n) is 8.86. The lowest BCUT2D eigenvalue weighted by Crippen LogP contribution is -2.30. The van der Waals surface area contributed by atoms with Gasteiger partial charge in [-0.2, -0.15) is 0 Å². The first-order valence-electron chi connectivity index (χ1n) is 11.0. The first kappa shape index (κ1) is 21.0. The molecule has 3 aromatic rings. The van der Waals surface area contributed by atoms with E-state index in [-0.39, 0.29) is 11.7 Å². The molecule has 0 unspecified atom stereocenters. The van der Waals surface area contributed by atoms with E-state index in [1.54, 1.807) is 12.3 Å². The van der Waals surface area contributed by atoms with Crippen molar-refractivity contribution in [1.29, 1.82) is 0 Å². The van der Waals surface area contributed by atoms with Crippen molar-refractivity contribution in [3.05, 3.63) is 77.4 Å². The molecule has 0 aromatic heterocycles. The summed E-state index contributed by atoms with van der Waals surface area (Å²) in [6, 6.07) is 19.4. The molecule has 0 bridgehead atoms. The number of carbonyl (C=O) groups excluding carboxylic acids is 1. The Balaban J connectivity index is 1.57. The first-order chi connectivity index (χ1) is 14.9. The second kappa shape index (κ2) is 8.89. The van der Waals surface area contributed by atoms with Gasteiger partial charge < -0.3 is 5.11 Å². The van der Waals surface area contributed by atoms with Crippen LogP contribution in [0.1, 0.15) is 44.7 Å². The number of ketones is 1. The number of hydrogen-bond donors (Lipinski definition) is 1. The van der Waals surface area contributed by atoms with Crippen LogP contribution < -0.4 is 0 Å². The van der Waals surface area contributed by atoms with Crippen LogP contribution in [0.5, 0.6) is 5.75 Å². The third kappa shape index (κ3) is 4.46. The van der Waals surface area contributed by atoms with E-state index in [9.17, 15) is 9.90 Å². The van der Waals surface area contributed by atoms with E-state index in [1.807, 2.05) is 60.7 Å². The first-order valence-corrected chi connectivity index (χ1v) is 11.0. The minimum atomic E-state index is 0.139. The van der Waals surface area contributed by atoms with Gasteiger partial charge in [-0.15, -0.1) is 0 Å². The molecule has 4 rings (SSSR count). The van der Waals surface area contributed by atoms with Crippen molar-refractivity contribution in [3.63, 3.8) is 0 Å². The van der Waals surface area contributed by atoms with Gasteiger partial charge in [-0.1, -0.05) is 63.2 Å². The van der Waals surface area contributed by atoms with Gasteiger partial charge in [0.25, 0.3) is 0 Å². The van der Waals surface area contributed by atoms with E-state index in [1.165, 1.54) is 0 Å². The van der Waals surface area contributed by atoms with Gasteiger partial charge in [0.05, 0.1) is 5.69 Å². The summed E-state index contributed by atoms with van der Waals surface area (Å²) in [5.41, 5.74) is 3.48. The topological polar surface area (TPSA) is 49.7 Å². The van der Waals surface area contributed by atoms with Crippen LogP contribution in [0.15, 0.2) is 71.2 Å². The van der Waals surface area contributed by atoms with Gasteiger partial charge in [0.15, 0.2) is 5.78 Å². The molecular formula is C28H29NO2. The van der Waals surface area contributed by atoms with Gasteiger partial charge in [-0.25, -0.2) is 0 Å². The molecule has 0 heterocycles. The zero-order valence-electron chi connectivity index (χ0n) is 18.4. The molecule has 0 radical (unpaired) electrons. The minimum absolute atomic E-state index is 0.139. The highest BCUT2D eigenvalue weighted by atomic mass is 16.3. The van der Waals surface area contributed by atoms with Gasteiger partial charge in [-0.05, 0) is 70.9 Å². The largest absolute Gasteiger partial charge is 0.507 e. The molecule has 0 saturated heterocycles. The Morgan fingerprint density at radius 3 is 2.48 bits per heavy atom. The number of aliphatic imine (C=N–C) groups is 1. The maximum atomic E-state index is 12.9. The van der Waals surface area contributed by atoms with E-state index in [4.69, 9.17) is 0 Å². The Hall–Kier alpha value is -3.20. The summed E-state index contributed by atoms with van der Waals surface area (Å²) in [4.78, 5) is 17.5. The number of Topliss-reactive ketones (excluding diaryl/α,β-unsaturated/α-hetero) is 1. The number of carbonyl (C=O) groups is 1. The number of rotatable bonds is 4. The quantitative estimate of drug-likeness (QED) is 0.373. The number of benzene rings is 3.